The zero-order valence-electron chi connectivity index (χ0n) is 14.2. The minimum Gasteiger partial charge on any atom is -0.497 e. The number of methoxy groups -OCH3 is 2. The van der Waals surface area contributed by atoms with Gasteiger partial charge in [0.2, 0.25) is 0 Å². The van der Waals surface area contributed by atoms with Gasteiger partial charge in [0, 0.05) is 12.6 Å². The molecular weight excluding hydrogens is 298 g/mol. The molecule has 7 heteroatoms. The van der Waals surface area contributed by atoms with Gasteiger partial charge in [0.25, 0.3) is 11.8 Å². The molecule has 0 saturated carbocycles. The van der Waals surface area contributed by atoms with E-state index in [1.165, 1.54) is 7.11 Å². The molecule has 0 bridgehead atoms. The topological polar surface area (TPSA) is 81.1 Å². The van der Waals surface area contributed by atoms with Crippen molar-refractivity contribution < 1.29 is 24.0 Å². The van der Waals surface area contributed by atoms with Crippen LogP contribution in [0.2, 0.25) is 0 Å². The quantitative estimate of drug-likeness (QED) is 0.582. The van der Waals surface area contributed by atoms with Crippen molar-refractivity contribution in [3.05, 3.63) is 18.2 Å². The standard InChI is InChI=1S/C16H25N3O4/c1-5-8-17-15(20)10-19(2)11-16(21)18-13-9-12(22-3)6-7-14(13)23-4/h6-7,9H,5,8,10-11H2,1-4H3,(H,17,20)(H,18,21)/p+1. The smallest absolute Gasteiger partial charge is 0.279 e. The van der Waals surface area contributed by atoms with Crippen LogP contribution in [0.15, 0.2) is 18.2 Å². The van der Waals surface area contributed by atoms with Crippen LogP contribution in [-0.2, 0) is 9.59 Å². The number of hydrogen-bond donors (Lipinski definition) is 3. The van der Waals surface area contributed by atoms with E-state index < -0.39 is 0 Å². The Balaban J connectivity index is 2.57. The molecule has 0 fully saturated rings. The van der Waals surface area contributed by atoms with Crippen LogP contribution < -0.4 is 25.0 Å². The molecule has 0 aliphatic carbocycles. The SMILES string of the molecule is CCCNC(=O)C[NH+](C)CC(=O)Nc1cc(OC)ccc1OC. The molecule has 1 aromatic carbocycles. The molecule has 0 aromatic heterocycles. The normalized spacial score (nSPS) is 11.5. The number of likely N-dealkylation sites (N-methyl/N-ethyl adjacent to an activating group) is 1. The average Bonchev–Trinajstić information content (AvgIpc) is 2.52. The van der Waals surface area contributed by atoms with Crippen LogP contribution in [0.1, 0.15) is 13.3 Å². The maximum absolute atomic E-state index is 12.1. The van der Waals surface area contributed by atoms with Crippen molar-refractivity contribution in [2.24, 2.45) is 0 Å². The number of rotatable bonds is 9. The van der Waals surface area contributed by atoms with Gasteiger partial charge in [-0.15, -0.1) is 0 Å². The van der Waals surface area contributed by atoms with E-state index in [-0.39, 0.29) is 24.9 Å². The molecule has 0 aliphatic rings. The molecule has 7 nitrogen and oxygen atoms in total. The maximum Gasteiger partial charge on any atom is 0.279 e. The second-order valence-electron chi connectivity index (χ2n) is 5.28. The Bertz CT molecular complexity index is 534. The van der Waals surface area contributed by atoms with Crippen LogP contribution in [0.4, 0.5) is 5.69 Å². The molecule has 1 unspecified atom stereocenters. The summed E-state index contributed by atoms with van der Waals surface area (Å²) in [7, 11) is 4.89. The van der Waals surface area contributed by atoms with Gasteiger partial charge in [-0.25, -0.2) is 0 Å². The largest absolute Gasteiger partial charge is 0.497 e. The number of anilines is 1. The Labute approximate surface area is 136 Å². The first-order valence-corrected chi connectivity index (χ1v) is 7.60. The molecule has 1 atom stereocenters. The van der Waals surface area contributed by atoms with Gasteiger partial charge in [-0.1, -0.05) is 6.92 Å². The maximum atomic E-state index is 12.1. The summed E-state index contributed by atoms with van der Waals surface area (Å²) in [5, 5.41) is 5.58. The fourth-order valence-corrected chi connectivity index (χ4v) is 2.04. The highest BCUT2D eigenvalue weighted by Gasteiger charge is 2.15. The summed E-state index contributed by atoms with van der Waals surface area (Å²) in [6.45, 7) is 3.08. The molecule has 0 spiro atoms. The van der Waals surface area contributed by atoms with E-state index in [1.807, 2.05) is 6.92 Å². The lowest BCUT2D eigenvalue weighted by molar-refractivity contribution is -0.862. The van der Waals surface area contributed by atoms with Crippen LogP contribution in [0, 0.1) is 0 Å². The van der Waals surface area contributed by atoms with Crippen molar-refractivity contribution in [1.29, 1.82) is 0 Å². The zero-order chi connectivity index (χ0) is 17.2. The summed E-state index contributed by atoms with van der Waals surface area (Å²) in [5.41, 5.74) is 0.542. The van der Waals surface area contributed by atoms with Crippen LogP contribution in [0.25, 0.3) is 0 Å². The molecule has 3 N–H and O–H groups in total. The van der Waals surface area contributed by atoms with E-state index in [2.05, 4.69) is 10.6 Å². The van der Waals surface area contributed by atoms with Gasteiger partial charge in [-0.2, -0.15) is 0 Å². The summed E-state index contributed by atoms with van der Waals surface area (Å²) in [5.74, 6) is 0.923. The van der Waals surface area contributed by atoms with Gasteiger partial charge in [-0.3, -0.25) is 9.59 Å². The highest BCUT2D eigenvalue weighted by Crippen LogP contribution is 2.28. The van der Waals surface area contributed by atoms with E-state index in [1.54, 1.807) is 32.4 Å². The van der Waals surface area contributed by atoms with Gasteiger partial charge in [0.15, 0.2) is 13.1 Å². The summed E-state index contributed by atoms with van der Waals surface area (Å²) in [4.78, 5) is 24.6. The molecule has 1 aromatic rings. The number of nitrogens with one attached hydrogen (secondary N) is 3. The lowest BCUT2D eigenvalue weighted by Gasteiger charge is -2.15. The first kappa shape index (κ1) is 18.8. The fourth-order valence-electron chi connectivity index (χ4n) is 2.04. The second kappa shape index (κ2) is 9.68. The van der Waals surface area contributed by atoms with Gasteiger partial charge < -0.3 is 25.0 Å². The van der Waals surface area contributed by atoms with E-state index >= 15 is 0 Å². The molecule has 0 heterocycles. The Morgan fingerprint density at radius 2 is 1.83 bits per heavy atom. The first-order chi connectivity index (χ1) is 11.0. The van der Waals surface area contributed by atoms with Gasteiger partial charge in [0.1, 0.15) is 11.5 Å². The Morgan fingerprint density at radius 1 is 1.13 bits per heavy atom. The summed E-state index contributed by atoms with van der Waals surface area (Å²) < 4.78 is 10.4. The lowest BCUT2D eigenvalue weighted by atomic mass is 10.2. The number of amides is 2. The zero-order valence-corrected chi connectivity index (χ0v) is 14.2. The van der Waals surface area contributed by atoms with Crippen LogP contribution >= 0.6 is 0 Å². The molecule has 128 valence electrons. The molecular formula is C16H26N3O4+. The van der Waals surface area contributed by atoms with Crippen LogP contribution in [-0.4, -0.2) is 52.7 Å². The molecule has 2 amide bonds. The van der Waals surface area contributed by atoms with Crippen molar-refractivity contribution in [3.8, 4) is 11.5 Å². The van der Waals surface area contributed by atoms with Crippen molar-refractivity contribution in [2.45, 2.75) is 13.3 Å². The Kier molecular flexibility index (Phi) is 7.90. The monoisotopic (exact) mass is 324 g/mol. The van der Waals surface area contributed by atoms with Crippen LogP contribution in [0.5, 0.6) is 11.5 Å². The third-order valence-corrected chi connectivity index (χ3v) is 3.18. The summed E-state index contributed by atoms with van der Waals surface area (Å²) in [6.07, 6.45) is 0.890. The van der Waals surface area contributed by atoms with Gasteiger partial charge in [-0.05, 0) is 18.6 Å². The average molecular weight is 324 g/mol. The summed E-state index contributed by atoms with van der Waals surface area (Å²) >= 11 is 0. The molecule has 23 heavy (non-hydrogen) atoms. The van der Waals surface area contributed by atoms with E-state index in [0.29, 0.717) is 23.7 Å². The lowest BCUT2D eigenvalue weighted by Crippen LogP contribution is -3.11. The third-order valence-electron chi connectivity index (χ3n) is 3.18. The van der Waals surface area contributed by atoms with Gasteiger partial charge >= 0.3 is 0 Å². The first-order valence-electron chi connectivity index (χ1n) is 7.60. The van der Waals surface area contributed by atoms with Crippen molar-refractivity contribution in [2.75, 3.05) is 46.2 Å². The van der Waals surface area contributed by atoms with E-state index in [0.717, 1.165) is 11.3 Å². The third kappa shape index (κ3) is 6.56. The number of benzene rings is 1. The Morgan fingerprint density at radius 3 is 2.43 bits per heavy atom. The van der Waals surface area contributed by atoms with Crippen molar-refractivity contribution in [3.63, 3.8) is 0 Å². The highest BCUT2D eigenvalue weighted by atomic mass is 16.5. The molecule has 0 radical (unpaired) electrons. The number of hydrogen-bond acceptors (Lipinski definition) is 4. The van der Waals surface area contributed by atoms with Gasteiger partial charge in [0.05, 0.1) is 27.0 Å². The fraction of sp³-hybridized carbons (Fsp3) is 0.500. The molecule has 1 rings (SSSR count). The number of carbonyl (C=O) groups is 2. The predicted molar refractivity (Wildman–Crippen MR) is 88.1 cm³/mol. The minimum atomic E-state index is -0.197. The minimum absolute atomic E-state index is 0.0592. The molecule has 0 saturated heterocycles. The molecule has 0 aliphatic heterocycles. The van der Waals surface area contributed by atoms with Crippen LogP contribution in [0.3, 0.4) is 0 Å². The van der Waals surface area contributed by atoms with E-state index in [4.69, 9.17) is 9.47 Å². The predicted octanol–water partition coefficient (Wildman–Crippen LogP) is -0.317. The van der Waals surface area contributed by atoms with Crippen molar-refractivity contribution >= 4 is 17.5 Å². The highest BCUT2D eigenvalue weighted by molar-refractivity contribution is 5.93. The second-order valence-corrected chi connectivity index (χ2v) is 5.28. The number of quaternary nitrogens is 1. The van der Waals surface area contributed by atoms with Crippen molar-refractivity contribution in [1.82, 2.24) is 5.32 Å². The summed E-state index contributed by atoms with van der Waals surface area (Å²) in [6, 6.07) is 5.17. The number of carbonyl (C=O) groups excluding carboxylic acids is 2. The Hall–Kier alpha value is -2.28. The van der Waals surface area contributed by atoms with E-state index in [9.17, 15) is 9.59 Å². The number of ether oxygens (including phenoxy) is 2.